The molecule has 0 atom stereocenters. The molecule has 4 nitrogen and oxygen atoms in total. The number of hydrogen-bond acceptors (Lipinski definition) is 3. The molecular formula is C14H10ClN3O. The monoisotopic (exact) mass is 271 g/mol. The quantitative estimate of drug-likeness (QED) is 0.563. The lowest BCUT2D eigenvalue weighted by atomic mass is 10.2. The molecule has 0 saturated heterocycles. The number of rotatable bonds is 3. The van der Waals surface area contributed by atoms with E-state index in [9.17, 15) is 4.79 Å². The van der Waals surface area contributed by atoms with E-state index in [-0.39, 0.29) is 0 Å². The molecule has 19 heavy (non-hydrogen) atoms. The van der Waals surface area contributed by atoms with Crippen LogP contribution in [0.4, 0.5) is 11.4 Å². The Hall–Kier alpha value is -2.33. The fourth-order valence-electron chi connectivity index (χ4n) is 1.98. The van der Waals surface area contributed by atoms with E-state index in [1.165, 1.54) is 0 Å². The van der Waals surface area contributed by atoms with Crippen molar-refractivity contribution >= 4 is 40.2 Å². The molecule has 0 spiro atoms. The number of anilines is 2. The Balaban J connectivity index is 2.08. The van der Waals surface area contributed by atoms with Gasteiger partial charge in [-0.05, 0) is 18.2 Å². The second-order valence-corrected chi connectivity index (χ2v) is 4.46. The van der Waals surface area contributed by atoms with E-state index in [1.54, 1.807) is 12.3 Å². The molecule has 0 aliphatic rings. The van der Waals surface area contributed by atoms with Crippen LogP contribution in [0.25, 0.3) is 10.9 Å². The summed E-state index contributed by atoms with van der Waals surface area (Å²) in [7, 11) is 0. The number of fused-ring (bicyclic) bond motifs is 1. The summed E-state index contributed by atoms with van der Waals surface area (Å²) in [6.07, 6.45) is 2.42. The van der Waals surface area contributed by atoms with Crippen LogP contribution in [0.1, 0.15) is 10.5 Å². The van der Waals surface area contributed by atoms with Crippen molar-refractivity contribution in [1.82, 2.24) is 9.97 Å². The molecule has 0 aliphatic heterocycles. The third-order valence-electron chi connectivity index (χ3n) is 2.85. The lowest BCUT2D eigenvalue weighted by Crippen LogP contribution is -1.94. The lowest BCUT2D eigenvalue weighted by molar-refractivity contribution is 0.112. The van der Waals surface area contributed by atoms with Gasteiger partial charge in [0.2, 0.25) is 0 Å². The van der Waals surface area contributed by atoms with Crippen LogP contribution in [0.2, 0.25) is 5.15 Å². The maximum absolute atomic E-state index is 11.1. The molecule has 0 unspecified atom stereocenters. The Morgan fingerprint density at radius 3 is 2.79 bits per heavy atom. The minimum Gasteiger partial charge on any atom is -0.352 e. The number of aromatic amines is 1. The Kier molecular flexibility index (Phi) is 2.93. The summed E-state index contributed by atoms with van der Waals surface area (Å²) < 4.78 is 0. The van der Waals surface area contributed by atoms with Crippen LogP contribution in [-0.2, 0) is 0 Å². The first-order chi connectivity index (χ1) is 9.28. The molecule has 0 saturated carbocycles. The molecule has 0 amide bonds. The molecule has 2 N–H and O–H groups in total. The van der Waals surface area contributed by atoms with Crippen molar-refractivity contribution < 1.29 is 4.79 Å². The molecule has 3 aromatic rings. The van der Waals surface area contributed by atoms with E-state index in [2.05, 4.69) is 15.3 Å². The summed E-state index contributed by atoms with van der Waals surface area (Å²) in [5.41, 5.74) is 2.94. The van der Waals surface area contributed by atoms with Crippen LogP contribution < -0.4 is 5.32 Å². The van der Waals surface area contributed by atoms with Gasteiger partial charge in [0.25, 0.3) is 0 Å². The first kappa shape index (κ1) is 11.7. The van der Waals surface area contributed by atoms with Crippen LogP contribution in [0.5, 0.6) is 0 Å². The number of para-hydroxylation sites is 1. The number of nitrogens with zero attached hydrogens (tertiary/aromatic N) is 1. The lowest BCUT2D eigenvalue weighted by Gasteiger charge is -2.05. The van der Waals surface area contributed by atoms with Crippen molar-refractivity contribution in [2.24, 2.45) is 0 Å². The van der Waals surface area contributed by atoms with Gasteiger partial charge < -0.3 is 10.3 Å². The number of halogens is 1. The van der Waals surface area contributed by atoms with Crippen LogP contribution >= 0.6 is 11.6 Å². The van der Waals surface area contributed by atoms with Crippen LogP contribution in [-0.4, -0.2) is 16.3 Å². The Morgan fingerprint density at radius 2 is 2.05 bits per heavy atom. The maximum Gasteiger partial charge on any atom is 0.168 e. The van der Waals surface area contributed by atoms with Gasteiger partial charge >= 0.3 is 0 Å². The highest BCUT2D eigenvalue weighted by atomic mass is 35.5. The third kappa shape index (κ3) is 2.18. The fourth-order valence-corrected chi connectivity index (χ4v) is 2.09. The molecule has 0 fully saturated rings. The predicted octanol–water partition coefficient (Wildman–Crippen LogP) is 3.77. The molecule has 5 heteroatoms. The van der Waals surface area contributed by atoms with E-state index in [0.29, 0.717) is 10.8 Å². The van der Waals surface area contributed by atoms with Crippen molar-refractivity contribution in [1.29, 1.82) is 0 Å². The molecule has 0 radical (unpaired) electrons. The SMILES string of the molecule is O=Cc1[nH]c2ccccc2c1Nc1ccc(Cl)nc1. The molecule has 2 aromatic heterocycles. The highest BCUT2D eigenvalue weighted by molar-refractivity contribution is 6.29. The number of benzene rings is 1. The van der Waals surface area contributed by atoms with Gasteiger partial charge in [0.15, 0.2) is 6.29 Å². The third-order valence-corrected chi connectivity index (χ3v) is 3.07. The summed E-state index contributed by atoms with van der Waals surface area (Å²) >= 11 is 5.75. The fraction of sp³-hybridized carbons (Fsp3) is 0. The van der Waals surface area contributed by atoms with E-state index in [0.717, 1.165) is 28.6 Å². The van der Waals surface area contributed by atoms with Gasteiger partial charge in [-0.25, -0.2) is 4.98 Å². The van der Waals surface area contributed by atoms with Gasteiger partial charge in [-0.15, -0.1) is 0 Å². The molecule has 1 aromatic carbocycles. The van der Waals surface area contributed by atoms with Crippen molar-refractivity contribution in [3.63, 3.8) is 0 Å². The Morgan fingerprint density at radius 1 is 1.21 bits per heavy atom. The van der Waals surface area contributed by atoms with Crippen LogP contribution in [0.3, 0.4) is 0 Å². The zero-order valence-corrected chi connectivity index (χ0v) is 10.6. The Labute approximate surface area is 114 Å². The molecule has 0 aliphatic carbocycles. The molecule has 3 rings (SSSR count). The summed E-state index contributed by atoms with van der Waals surface area (Å²) in [4.78, 5) is 18.2. The van der Waals surface area contributed by atoms with Crippen molar-refractivity contribution in [3.8, 4) is 0 Å². The Bertz CT molecular complexity index is 734. The van der Waals surface area contributed by atoms with Gasteiger partial charge in [-0.2, -0.15) is 0 Å². The predicted molar refractivity (Wildman–Crippen MR) is 76.2 cm³/mol. The number of pyridine rings is 1. The minimum atomic E-state index is 0.431. The number of aldehydes is 1. The number of nitrogens with one attached hydrogen (secondary N) is 2. The smallest absolute Gasteiger partial charge is 0.168 e. The number of carbonyl (C=O) groups is 1. The largest absolute Gasteiger partial charge is 0.352 e. The second kappa shape index (κ2) is 4.74. The van der Waals surface area contributed by atoms with Crippen molar-refractivity contribution in [2.45, 2.75) is 0 Å². The van der Waals surface area contributed by atoms with E-state index < -0.39 is 0 Å². The van der Waals surface area contributed by atoms with Crippen LogP contribution in [0.15, 0.2) is 42.6 Å². The summed E-state index contributed by atoms with van der Waals surface area (Å²) in [5.74, 6) is 0. The minimum absolute atomic E-state index is 0.431. The van der Waals surface area contributed by atoms with Gasteiger partial charge in [-0.1, -0.05) is 29.8 Å². The molecule has 0 bridgehead atoms. The van der Waals surface area contributed by atoms with E-state index in [4.69, 9.17) is 11.6 Å². The molecule has 2 heterocycles. The number of carbonyl (C=O) groups excluding carboxylic acids is 1. The first-order valence-electron chi connectivity index (χ1n) is 5.72. The number of H-pyrrole nitrogens is 1. The summed E-state index contributed by atoms with van der Waals surface area (Å²) in [6.45, 7) is 0. The zero-order valence-electron chi connectivity index (χ0n) is 9.85. The highest BCUT2D eigenvalue weighted by Crippen LogP contribution is 2.29. The molecule has 94 valence electrons. The van der Waals surface area contributed by atoms with Crippen molar-refractivity contribution in [2.75, 3.05) is 5.32 Å². The van der Waals surface area contributed by atoms with E-state index >= 15 is 0 Å². The zero-order chi connectivity index (χ0) is 13.2. The first-order valence-corrected chi connectivity index (χ1v) is 6.10. The topological polar surface area (TPSA) is 57.8 Å². The van der Waals surface area contributed by atoms with Crippen LogP contribution in [0, 0.1) is 0 Å². The van der Waals surface area contributed by atoms with Crippen molar-refractivity contribution in [3.05, 3.63) is 53.4 Å². The average molecular weight is 272 g/mol. The van der Waals surface area contributed by atoms with Gasteiger partial charge in [0.1, 0.15) is 10.8 Å². The van der Waals surface area contributed by atoms with E-state index in [1.807, 2.05) is 30.3 Å². The summed E-state index contributed by atoms with van der Waals surface area (Å²) in [5, 5.41) is 4.58. The highest BCUT2D eigenvalue weighted by Gasteiger charge is 2.10. The summed E-state index contributed by atoms with van der Waals surface area (Å²) in [6, 6.07) is 11.2. The molecular weight excluding hydrogens is 262 g/mol. The average Bonchev–Trinajstić information content (AvgIpc) is 2.79. The maximum atomic E-state index is 11.1. The normalized spacial score (nSPS) is 10.6. The number of aromatic nitrogens is 2. The van der Waals surface area contributed by atoms with Gasteiger partial charge in [0.05, 0.1) is 17.6 Å². The van der Waals surface area contributed by atoms with Gasteiger partial charge in [-0.3, -0.25) is 4.79 Å². The second-order valence-electron chi connectivity index (χ2n) is 4.07. The number of hydrogen-bond donors (Lipinski definition) is 2. The van der Waals surface area contributed by atoms with Gasteiger partial charge in [0, 0.05) is 10.9 Å². The standard InChI is InChI=1S/C14H10ClN3O/c15-13-6-5-9(7-16-13)17-14-10-3-1-2-4-11(10)18-12(14)8-19/h1-8,17-18H.